The molecule has 0 aromatic heterocycles. The quantitative estimate of drug-likeness (QED) is 0.873. The van der Waals surface area contributed by atoms with Gasteiger partial charge in [0.25, 0.3) is 0 Å². The molecule has 22 heavy (non-hydrogen) atoms. The maximum Gasteiger partial charge on any atom is 0.213 e. The van der Waals surface area contributed by atoms with Crippen LogP contribution in [0.1, 0.15) is 37.3 Å². The smallest absolute Gasteiger partial charge is 0.212 e. The average molecular weight is 326 g/mol. The second kappa shape index (κ2) is 5.28. The highest BCUT2D eigenvalue weighted by atomic mass is 32.2. The van der Waals surface area contributed by atoms with Crippen molar-refractivity contribution in [3.63, 3.8) is 0 Å². The summed E-state index contributed by atoms with van der Waals surface area (Å²) in [7, 11) is -3.73. The third-order valence-electron chi connectivity index (χ3n) is 4.25. The third-order valence-corrected chi connectivity index (χ3v) is 5.80. The first-order valence-corrected chi connectivity index (χ1v) is 8.86. The number of sulfonamides is 1. The van der Waals surface area contributed by atoms with E-state index in [2.05, 4.69) is 4.72 Å². The van der Waals surface area contributed by atoms with Crippen molar-refractivity contribution in [2.45, 2.75) is 31.7 Å². The van der Waals surface area contributed by atoms with Gasteiger partial charge in [0.1, 0.15) is 11.6 Å². The van der Waals surface area contributed by atoms with Gasteiger partial charge in [-0.05, 0) is 49.8 Å². The summed E-state index contributed by atoms with van der Waals surface area (Å²) >= 11 is 0. The molecule has 3 rings (SSSR count). The normalized spacial score (nSPS) is 21.1. The lowest BCUT2D eigenvalue weighted by atomic mass is 10.0. The standard InChI is InChI=1S/C15H16F2N2O2S/c16-11-3-4-13(17)12(7-11)14(10-1-2-10)19-22(20,21)9-15(8-18)5-6-15/h3-4,7,10,14,19H,1-2,5-6,9H2/t14-/m1/s1. The Morgan fingerprint density at radius 3 is 2.59 bits per heavy atom. The van der Waals surface area contributed by atoms with Gasteiger partial charge >= 0.3 is 0 Å². The van der Waals surface area contributed by atoms with Crippen molar-refractivity contribution >= 4 is 10.0 Å². The van der Waals surface area contributed by atoms with Crippen LogP contribution in [0, 0.1) is 34.3 Å². The van der Waals surface area contributed by atoms with E-state index in [0.717, 1.165) is 31.0 Å². The second-order valence-corrected chi connectivity index (χ2v) is 8.00. The van der Waals surface area contributed by atoms with Crippen LogP contribution in [0.25, 0.3) is 0 Å². The molecule has 2 fully saturated rings. The van der Waals surface area contributed by atoms with Crippen molar-refractivity contribution in [3.8, 4) is 6.07 Å². The molecule has 1 N–H and O–H groups in total. The molecule has 1 aromatic carbocycles. The van der Waals surface area contributed by atoms with Crippen molar-refractivity contribution in [2.24, 2.45) is 11.3 Å². The van der Waals surface area contributed by atoms with Crippen LogP contribution in [0.5, 0.6) is 0 Å². The Balaban J connectivity index is 1.83. The number of nitriles is 1. The maximum absolute atomic E-state index is 13.9. The molecule has 1 aromatic rings. The number of nitrogens with zero attached hydrogens (tertiary/aromatic N) is 1. The first-order valence-electron chi connectivity index (χ1n) is 7.20. The molecule has 7 heteroatoms. The van der Waals surface area contributed by atoms with Crippen LogP contribution in [0.3, 0.4) is 0 Å². The largest absolute Gasteiger partial charge is 0.213 e. The van der Waals surface area contributed by atoms with Gasteiger partial charge in [0.15, 0.2) is 0 Å². The highest BCUT2D eigenvalue weighted by Gasteiger charge is 2.48. The number of benzene rings is 1. The van der Waals surface area contributed by atoms with Crippen LogP contribution < -0.4 is 4.72 Å². The van der Waals surface area contributed by atoms with E-state index in [4.69, 9.17) is 5.26 Å². The van der Waals surface area contributed by atoms with E-state index in [1.165, 1.54) is 0 Å². The Kier molecular flexibility index (Phi) is 3.69. The molecule has 0 saturated heterocycles. The molecule has 1 atom stereocenters. The van der Waals surface area contributed by atoms with Gasteiger partial charge in [-0.25, -0.2) is 21.9 Å². The zero-order chi connectivity index (χ0) is 16.0. The molecule has 0 aliphatic heterocycles. The molecule has 4 nitrogen and oxygen atoms in total. The predicted molar refractivity (Wildman–Crippen MR) is 76.0 cm³/mol. The lowest BCUT2D eigenvalue weighted by Crippen LogP contribution is -2.35. The van der Waals surface area contributed by atoms with E-state index in [1.54, 1.807) is 0 Å². The molecule has 0 heterocycles. The summed E-state index contributed by atoms with van der Waals surface area (Å²) in [4.78, 5) is 0. The van der Waals surface area contributed by atoms with Crippen molar-refractivity contribution < 1.29 is 17.2 Å². The molecule has 0 radical (unpaired) electrons. The van der Waals surface area contributed by atoms with E-state index < -0.39 is 33.1 Å². The first kappa shape index (κ1) is 15.4. The SMILES string of the molecule is N#CC1(CS(=O)(=O)N[C@@H](c2cc(F)ccc2F)C2CC2)CC1. The van der Waals surface area contributed by atoms with Crippen LogP contribution in [0.15, 0.2) is 18.2 Å². The molecule has 0 amide bonds. The lowest BCUT2D eigenvalue weighted by Gasteiger charge is -2.20. The minimum absolute atomic E-state index is 0.0247. The van der Waals surface area contributed by atoms with Gasteiger partial charge in [-0.15, -0.1) is 0 Å². The van der Waals surface area contributed by atoms with Gasteiger partial charge in [-0.2, -0.15) is 5.26 Å². The van der Waals surface area contributed by atoms with E-state index in [1.807, 2.05) is 6.07 Å². The molecule has 0 spiro atoms. The zero-order valence-electron chi connectivity index (χ0n) is 11.9. The first-order chi connectivity index (χ1) is 10.3. The summed E-state index contributed by atoms with van der Waals surface area (Å²) < 4.78 is 54.4. The van der Waals surface area contributed by atoms with Crippen molar-refractivity contribution in [3.05, 3.63) is 35.4 Å². The second-order valence-electron chi connectivity index (χ2n) is 6.25. The Hall–Kier alpha value is -1.52. The summed E-state index contributed by atoms with van der Waals surface area (Å²) in [6.45, 7) is 0. The van der Waals surface area contributed by atoms with Crippen LogP contribution in [-0.2, 0) is 10.0 Å². The lowest BCUT2D eigenvalue weighted by molar-refractivity contribution is 0.494. The monoisotopic (exact) mass is 326 g/mol. The van der Waals surface area contributed by atoms with Gasteiger partial charge in [0.05, 0.1) is 23.3 Å². The summed E-state index contributed by atoms with van der Waals surface area (Å²) in [5, 5.41) is 9.02. The number of halogens is 2. The topological polar surface area (TPSA) is 70.0 Å². The molecule has 0 unspecified atom stereocenters. The Morgan fingerprint density at radius 2 is 2.05 bits per heavy atom. The predicted octanol–water partition coefficient (Wildman–Crippen LogP) is 2.64. The molecule has 2 saturated carbocycles. The van der Waals surface area contributed by atoms with E-state index in [9.17, 15) is 17.2 Å². The van der Waals surface area contributed by atoms with Crippen molar-refractivity contribution in [1.82, 2.24) is 4.72 Å². The number of rotatable bonds is 6. The van der Waals surface area contributed by atoms with E-state index in [0.29, 0.717) is 12.8 Å². The van der Waals surface area contributed by atoms with Crippen LogP contribution in [-0.4, -0.2) is 14.2 Å². The van der Waals surface area contributed by atoms with E-state index in [-0.39, 0.29) is 17.2 Å². The molecule has 0 bridgehead atoms. The molecule has 2 aliphatic carbocycles. The van der Waals surface area contributed by atoms with Crippen molar-refractivity contribution in [1.29, 1.82) is 5.26 Å². The van der Waals surface area contributed by atoms with Gasteiger partial charge in [0.2, 0.25) is 10.0 Å². The average Bonchev–Trinajstić information content (AvgIpc) is 3.33. The summed E-state index contributed by atoms with van der Waals surface area (Å²) in [6.07, 6.45) is 2.67. The van der Waals surface area contributed by atoms with Gasteiger partial charge in [-0.3, -0.25) is 0 Å². The van der Waals surface area contributed by atoms with Crippen LogP contribution in [0.4, 0.5) is 8.78 Å². The van der Waals surface area contributed by atoms with Gasteiger partial charge in [-0.1, -0.05) is 0 Å². The number of hydrogen-bond acceptors (Lipinski definition) is 3. The fourth-order valence-corrected chi connectivity index (χ4v) is 4.50. The highest BCUT2D eigenvalue weighted by molar-refractivity contribution is 7.89. The molecule has 2 aliphatic rings. The summed E-state index contributed by atoms with van der Waals surface area (Å²) in [5.74, 6) is -1.53. The summed E-state index contributed by atoms with van der Waals surface area (Å²) in [6, 6.07) is 4.32. The van der Waals surface area contributed by atoms with E-state index >= 15 is 0 Å². The number of nitrogens with one attached hydrogen (secondary N) is 1. The fraction of sp³-hybridized carbons (Fsp3) is 0.533. The molecular formula is C15H16F2N2O2S. The Labute approximate surface area is 128 Å². The molecular weight excluding hydrogens is 310 g/mol. The minimum Gasteiger partial charge on any atom is -0.212 e. The van der Waals surface area contributed by atoms with Gasteiger partial charge < -0.3 is 0 Å². The third kappa shape index (κ3) is 3.28. The maximum atomic E-state index is 13.9. The molecule has 118 valence electrons. The van der Waals surface area contributed by atoms with Gasteiger partial charge in [0, 0.05) is 5.56 Å². The number of hydrogen-bond donors (Lipinski definition) is 1. The Morgan fingerprint density at radius 1 is 1.36 bits per heavy atom. The Bertz CT molecular complexity index is 734. The fourth-order valence-electron chi connectivity index (χ4n) is 2.63. The van der Waals surface area contributed by atoms with Crippen molar-refractivity contribution in [2.75, 3.05) is 5.75 Å². The minimum atomic E-state index is -3.73. The van der Waals surface area contributed by atoms with Crippen LogP contribution >= 0.6 is 0 Å². The zero-order valence-corrected chi connectivity index (χ0v) is 12.7. The summed E-state index contributed by atoms with van der Waals surface area (Å²) in [5.41, 5.74) is -0.770. The van der Waals surface area contributed by atoms with Crippen LogP contribution in [0.2, 0.25) is 0 Å². The highest BCUT2D eigenvalue weighted by Crippen LogP contribution is 2.47.